The van der Waals surface area contributed by atoms with Gasteiger partial charge >= 0.3 is 0 Å². The minimum absolute atomic E-state index is 0.167. The molecule has 1 heterocycles. The number of ether oxygens (including phenoxy) is 1. The van der Waals surface area contributed by atoms with Crippen LogP contribution in [0.15, 0.2) is 29.4 Å². The molecular weight excluding hydrogens is 270 g/mol. The van der Waals surface area contributed by atoms with Gasteiger partial charge in [-0.2, -0.15) is 5.10 Å². The fraction of sp³-hybridized carbons (Fsp3) is 0.400. The van der Waals surface area contributed by atoms with Gasteiger partial charge in [0.05, 0.1) is 6.61 Å². The van der Waals surface area contributed by atoms with Crippen molar-refractivity contribution < 1.29 is 14.3 Å². The summed E-state index contributed by atoms with van der Waals surface area (Å²) in [4.78, 5) is 22.9. The standard InChI is InChI=1S/C15H19N3O3/c1-2-3-10-21-12-6-4-11(5-7-12)16-15(20)13-8-9-14(19)18-17-13/h4-7H,2-3,8-10H2,1H3,(H,16,20)(H,18,19). The van der Waals surface area contributed by atoms with E-state index in [2.05, 4.69) is 22.8 Å². The Morgan fingerprint density at radius 1 is 1.33 bits per heavy atom. The molecule has 2 amide bonds. The summed E-state index contributed by atoms with van der Waals surface area (Å²) in [5.74, 6) is 0.318. The van der Waals surface area contributed by atoms with Gasteiger partial charge in [0.1, 0.15) is 11.5 Å². The molecule has 1 aromatic carbocycles. The summed E-state index contributed by atoms with van der Waals surface area (Å²) >= 11 is 0. The monoisotopic (exact) mass is 289 g/mol. The zero-order valence-electron chi connectivity index (χ0n) is 12.0. The van der Waals surface area contributed by atoms with E-state index in [1.54, 1.807) is 12.1 Å². The molecule has 0 aromatic heterocycles. The van der Waals surface area contributed by atoms with E-state index in [9.17, 15) is 9.59 Å². The Kier molecular flexibility index (Phi) is 5.31. The first-order chi connectivity index (χ1) is 10.2. The molecule has 21 heavy (non-hydrogen) atoms. The second-order valence-electron chi connectivity index (χ2n) is 4.77. The van der Waals surface area contributed by atoms with Crippen LogP contribution in [0.2, 0.25) is 0 Å². The molecule has 0 bridgehead atoms. The highest BCUT2D eigenvalue weighted by atomic mass is 16.5. The van der Waals surface area contributed by atoms with Crippen molar-refractivity contribution >= 4 is 23.2 Å². The van der Waals surface area contributed by atoms with Crippen LogP contribution in [0, 0.1) is 0 Å². The lowest BCUT2D eigenvalue weighted by atomic mass is 10.1. The van der Waals surface area contributed by atoms with Crippen molar-refractivity contribution in [2.45, 2.75) is 32.6 Å². The van der Waals surface area contributed by atoms with Crippen molar-refractivity contribution in [2.75, 3.05) is 11.9 Å². The van der Waals surface area contributed by atoms with Gasteiger partial charge in [0.25, 0.3) is 5.91 Å². The van der Waals surface area contributed by atoms with Crippen LogP contribution in [0.1, 0.15) is 32.6 Å². The summed E-state index contributed by atoms with van der Waals surface area (Å²) in [5, 5.41) is 6.50. The van der Waals surface area contributed by atoms with E-state index in [4.69, 9.17) is 4.74 Å². The first-order valence-corrected chi connectivity index (χ1v) is 7.08. The molecule has 0 aliphatic carbocycles. The molecule has 1 aliphatic heterocycles. The van der Waals surface area contributed by atoms with E-state index < -0.39 is 0 Å². The van der Waals surface area contributed by atoms with E-state index in [-0.39, 0.29) is 18.2 Å². The highest BCUT2D eigenvalue weighted by molar-refractivity contribution is 6.43. The molecule has 0 atom stereocenters. The molecule has 2 N–H and O–H groups in total. The molecule has 6 nitrogen and oxygen atoms in total. The Bertz CT molecular complexity index is 538. The van der Waals surface area contributed by atoms with E-state index in [1.807, 2.05) is 12.1 Å². The number of anilines is 1. The van der Waals surface area contributed by atoms with E-state index in [0.717, 1.165) is 18.6 Å². The van der Waals surface area contributed by atoms with Gasteiger partial charge in [-0.15, -0.1) is 0 Å². The van der Waals surface area contributed by atoms with Crippen molar-refractivity contribution in [3.8, 4) is 5.75 Å². The molecular formula is C15H19N3O3. The van der Waals surface area contributed by atoms with Crippen molar-refractivity contribution in [1.29, 1.82) is 0 Å². The maximum Gasteiger partial charge on any atom is 0.271 e. The minimum Gasteiger partial charge on any atom is -0.494 e. The molecule has 1 aliphatic rings. The van der Waals surface area contributed by atoms with E-state index >= 15 is 0 Å². The second kappa shape index (κ2) is 7.42. The molecule has 1 aromatic rings. The summed E-state index contributed by atoms with van der Waals surface area (Å²) in [6.07, 6.45) is 2.75. The minimum atomic E-state index is -0.297. The van der Waals surface area contributed by atoms with Gasteiger partial charge in [-0.1, -0.05) is 13.3 Å². The molecule has 0 unspecified atom stereocenters. The lowest BCUT2D eigenvalue weighted by Gasteiger charge is -2.12. The molecule has 0 saturated heterocycles. The number of hydrazone groups is 1. The number of hydrogen-bond donors (Lipinski definition) is 2. The van der Waals surface area contributed by atoms with Crippen LogP contribution in [0.5, 0.6) is 5.75 Å². The van der Waals surface area contributed by atoms with Gasteiger partial charge in [0.15, 0.2) is 0 Å². The summed E-state index contributed by atoms with van der Waals surface area (Å²) in [7, 11) is 0. The zero-order chi connectivity index (χ0) is 15.1. The Morgan fingerprint density at radius 2 is 2.10 bits per heavy atom. The Balaban J connectivity index is 1.88. The fourth-order valence-electron chi connectivity index (χ4n) is 1.81. The topological polar surface area (TPSA) is 79.8 Å². The lowest BCUT2D eigenvalue weighted by Crippen LogP contribution is -2.32. The average Bonchev–Trinajstić information content (AvgIpc) is 2.50. The van der Waals surface area contributed by atoms with Crippen LogP contribution in [-0.2, 0) is 9.59 Å². The number of hydrogen-bond acceptors (Lipinski definition) is 4. The summed E-state index contributed by atoms with van der Waals surface area (Å²) in [6, 6.07) is 7.19. The van der Waals surface area contributed by atoms with Gasteiger partial charge in [0, 0.05) is 18.5 Å². The molecule has 0 fully saturated rings. The van der Waals surface area contributed by atoms with E-state index in [1.165, 1.54) is 0 Å². The van der Waals surface area contributed by atoms with Gasteiger partial charge in [-0.3, -0.25) is 9.59 Å². The van der Waals surface area contributed by atoms with Crippen LogP contribution >= 0.6 is 0 Å². The molecule has 112 valence electrons. The largest absolute Gasteiger partial charge is 0.494 e. The van der Waals surface area contributed by atoms with Crippen LogP contribution in [-0.4, -0.2) is 24.1 Å². The third-order valence-corrected chi connectivity index (χ3v) is 3.05. The number of benzene rings is 1. The number of amides is 2. The van der Waals surface area contributed by atoms with Crippen molar-refractivity contribution in [3.63, 3.8) is 0 Å². The van der Waals surface area contributed by atoms with Gasteiger partial charge in [-0.05, 0) is 30.7 Å². The first-order valence-electron chi connectivity index (χ1n) is 7.08. The van der Waals surface area contributed by atoms with E-state index in [0.29, 0.717) is 24.4 Å². The highest BCUT2D eigenvalue weighted by Crippen LogP contribution is 2.16. The average molecular weight is 289 g/mol. The zero-order valence-corrected chi connectivity index (χ0v) is 12.0. The number of nitrogens with one attached hydrogen (secondary N) is 2. The van der Waals surface area contributed by atoms with Crippen LogP contribution in [0.3, 0.4) is 0 Å². The quantitative estimate of drug-likeness (QED) is 0.787. The fourth-order valence-corrected chi connectivity index (χ4v) is 1.81. The third kappa shape index (κ3) is 4.59. The van der Waals surface area contributed by atoms with Crippen LogP contribution in [0.25, 0.3) is 0 Å². The SMILES string of the molecule is CCCCOc1ccc(NC(=O)C2=NNC(=O)CC2)cc1. The number of carbonyl (C=O) groups is 2. The molecule has 0 radical (unpaired) electrons. The Labute approximate surface area is 123 Å². The van der Waals surface area contributed by atoms with Crippen molar-refractivity contribution in [3.05, 3.63) is 24.3 Å². The summed E-state index contributed by atoms with van der Waals surface area (Å²) in [6.45, 7) is 2.80. The van der Waals surface area contributed by atoms with Crippen LogP contribution < -0.4 is 15.5 Å². The maximum absolute atomic E-state index is 11.9. The van der Waals surface area contributed by atoms with Gasteiger partial charge < -0.3 is 10.1 Å². The summed E-state index contributed by atoms with van der Waals surface area (Å²) in [5.41, 5.74) is 3.31. The predicted molar refractivity (Wildman–Crippen MR) is 80.3 cm³/mol. The first kappa shape index (κ1) is 15.0. The van der Waals surface area contributed by atoms with Crippen molar-refractivity contribution in [1.82, 2.24) is 5.43 Å². The van der Waals surface area contributed by atoms with Gasteiger partial charge in [-0.25, -0.2) is 5.43 Å². The predicted octanol–water partition coefficient (Wildman–Crippen LogP) is 2.07. The van der Waals surface area contributed by atoms with Crippen LogP contribution in [0.4, 0.5) is 5.69 Å². The molecule has 0 spiro atoms. The third-order valence-electron chi connectivity index (χ3n) is 3.05. The molecule has 6 heteroatoms. The smallest absolute Gasteiger partial charge is 0.271 e. The summed E-state index contributed by atoms with van der Waals surface area (Å²) < 4.78 is 5.55. The Morgan fingerprint density at radius 3 is 2.71 bits per heavy atom. The number of rotatable bonds is 6. The number of carbonyl (C=O) groups excluding carboxylic acids is 2. The second-order valence-corrected chi connectivity index (χ2v) is 4.77. The maximum atomic E-state index is 11.9. The molecule has 2 rings (SSSR count). The molecule has 0 saturated carbocycles. The Hall–Kier alpha value is -2.37. The highest BCUT2D eigenvalue weighted by Gasteiger charge is 2.18. The lowest BCUT2D eigenvalue weighted by molar-refractivity contribution is -0.121. The normalized spacial score (nSPS) is 14.1. The van der Waals surface area contributed by atoms with Gasteiger partial charge in [0.2, 0.25) is 5.91 Å². The number of unbranched alkanes of at least 4 members (excludes halogenated alkanes) is 1. The van der Waals surface area contributed by atoms with Crippen molar-refractivity contribution in [2.24, 2.45) is 5.10 Å². The number of nitrogens with zero attached hydrogens (tertiary/aromatic N) is 1.